The first-order valence-electron chi connectivity index (χ1n) is 21.5. The molecule has 3 aliphatic heterocycles. The molecule has 0 saturated heterocycles. The summed E-state index contributed by atoms with van der Waals surface area (Å²) >= 11 is 0. The lowest BCUT2D eigenvalue weighted by Gasteiger charge is -2.53. The molecule has 0 N–H and O–H groups in total. The molecular weight excluding hydrogens is 707 g/mol. The summed E-state index contributed by atoms with van der Waals surface area (Å²) in [7, 11) is 0. The van der Waals surface area contributed by atoms with E-state index in [1.165, 1.54) is 91.4 Å². The van der Waals surface area contributed by atoms with Gasteiger partial charge in [0.25, 0.3) is 0 Å². The topological polar surface area (TPSA) is 32.8 Å². The van der Waals surface area contributed by atoms with E-state index in [2.05, 4.69) is 169 Å². The molecule has 0 radical (unpaired) electrons. The first-order chi connectivity index (χ1) is 27.7. The van der Waals surface area contributed by atoms with Crippen LogP contribution in [0.1, 0.15) is 103 Å². The number of furan rings is 2. The molecule has 2 aromatic heterocycles. The molecule has 1 aliphatic carbocycles. The van der Waals surface area contributed by atoms with Crippen LogP contribution >= 0.6 is 0 Å². The summed E-state index contributed by atoms with van der Waals surface area (Å²) in [5.41, 5.74) is 19.3. The van der Waals surface area contributed by atoms with Gasteiger partial charge in [0.15, 0.2) is 11.2 Å². The van der Waals surface area contributed by atoms with Crippen LogP contribution in [-0.4, -0.2) is 12.4 Å². The van der Waals surface area contributed by atoms with E-state index in [0.29, 0.717) is 0 Å². The van der Waals surface area contributed by atoms with Crippen molar-refractivity contribution in [2.75, 3.05) is 9.71 Å². The summed E-state index contributed by atoms with van der Waals surface area (Å²) in [6, 6.07) is 36.7. The third-order valence-electron chi connectivity index (χ3n) is 15.2. The largest absolute Gasteiger partial charge is 0.454 e. The SMILES string of the molecule is Cc1cc(C(C)(C)C)ccc1N1B2c3cc(C(C)(C)C)cc4c3N(c3c2c(cc2c3oc3ccccc32)-c2ccc3c(oc5ccccc53)c21)C1(C)CCCCC41C. The second-order valence-electron chi connectivity index (χ2n) is 20.5. The fraction of sp³-hybridized carbons (Fsp3) is 0.321. The van der Waals surface area contributed by atoms with Gasteiger partial charge in [0.2, 0.25) is 0 Å². The van der Waals surface area contributed by atoms with Crippen molar-refractivity contribution in [3.05, 3.63) is 119 Å². The lowest BCUT2D eigenvalue weighted by Crippen LogP contribution is -2.65. The van der Waals surface area contributed by atoms with Gasteiger partial charge in [-0.2, -0.15) is 0 Å². The van der Waals surface area contributed by atoms with Crippen LogP contribution in [0, 0.1) is 6.92 Å². The highest BCUT2D eigenvalue weighted by molar-refractivity contribution is 6.94. The van der Waals surface area contributed by atoms with Crippen LogP contribution in [0.5, 0.6) is 0 Å². The highest BCUT2D eigenvalue weighted by atomic mass is 16.3. The predicted molar refractivity (Wildman–Crippen MR) is 245 cm³/mol. The van der Waals surface area contributed by atoms with Crippen LogP contribution in [0.4, 0.5) is 22.7 Å². The molecule has 6 aromatic carbocycles. The standard InChI is InChI=1S/C53H51BN2O2/c1-30-26-31(50(2,3)4)20-23-41(30)56-45-35(21-22-36-33-16-10-12-18-42(33)57-48(36)45)37-29-38-34-17-11-13-19-43(34)58-49(38)47-44(37)54(56)40-28-32(51(5,6)7)27-39-46(40)55(47)53(9)25-15-14-24-52(39,53)8/h10-13,16-23,26-29H,14-15,24-25H2,1-9H3. The number of para-hydroxylation sites is 2. The maximum atomic E-state index is 7.17. The number of fused-ring (bicyclic) bond motifs is 15. The number of rotatable bonds is 1. The van der Waals surface area contributed by atoms with Crippen molar-refractivity contribution in [2.45, 2.75) is 110 Å². The predicted octanol–water partition coefficient (Wildman–Crippen LogP) is 13.4. The Hall–Kier alpha value is -5.42. The molecule has 0 spiro atoms. The van der Waals surface area contributed by atoms with Gasteiger partial charge in [-0.25, -0.2) is 0 Å². The zero-order valence-corrected chi connectivity index (χ0v) is 35.4. The van der Waals surface area contributed by atoms with E-state index in [0.717, 1.165) is 45.2 Å². The number of benzene rings is 6. The van der Waals surface area contributed by atoms with Gasteiger partial charge < -0.3 is 18.5 Å². The van der Waals surface area contributed by atoms with Crippen LogP contribution in [0.2, 0.25) is 0 Å². The van der Waals surface area contributed by atoms with Gasteiger partial charge >= 0.3 is 6.85 Å². The molecule has 1 saturated carbocycles. The molecule has 58 heavy (non-hydrogen) atoms. The molecule has 8 aromatic rings. The van der Waals surface area contributed by atoms with E-state index in [1.807, 2.05) is 0 Å². The average molecular weight is 759 g/mol. The summed E-state index contributed by atoms with van der Waals surface area (Å²) in [4.78, 5) is 5.51. The Kier molecular flexibility index (Phi) is 6.56. The number of hydrogen-bond donors (Lipinski definition) is 0. The summed E-state index contributed by atoms with van der Waals surface area (Å²) in [5, 5.41) is 4.65. The van der Waals surface area contributed by atoms with E-state index >= 15 is 0 Å². The molecule has 1 fully saturated rings. The van der Waals surface area contributed by atoms with E-state index in [4.69, 9.17) is 8.83 Å². The van der Waals surface area contributed by atoms with Gasteiger partial charge in [0, 0.05) is 43.9 Å². The normalized spacial score (nSPS) is 20.9. The quantitative estimate of drug-likeness (QED) is 0.156. The average Bonchev–Trinajstić information content (AvgIpc) is 3.82. The summed E-state index contributed by atoms with van der Waals surface area (Å²) < 4.78 is 14.2. The highest BCUT2D eigenvalue weighted by Gasteiger charge is 2.63. The summed E-state index contributed by atoms with van der Waals surface area (Å²) in [5.74, 6) is 0. The van der Waals surface area contributed by atoms with Gasteiger partial charge in [-0.15, -0.1) is 0 Å². The second-order valence-corrected chi connectivity index (χ2v) is 20.5. The van der Waals surface area contributed by atoms with Crippen LogP contribution in [0.15, 0.2) is 106 Å². The van der Waals surface area contributed by atoms with Crippen molar-refractivity contribution in [2.24, 2.45) is 0 Å². The molecule has 2 unspecified atom stereocenters. The highest BCUT2D eigenvalue weighted by Crippen LogP contribution is 2.64. The van der Waals surface area contributed by atoms with Crippen molar-refractivity contribution in [3.8, 4) is 11.1 Å². The maximum absolute atomic E-state index is 7.17. The summed E-state index contributed by atoms with van der Waals surface area (Å²) in [6.45, 7) is 21.4. The van der Waals surface area contributed by atoms with E-state index < -0.39 is 0 Å². The van der Waals surface area contributed by atoms with Crippen molar-refractivity contribution in [1.82, 2.24) is 0 Å². The minimum Gasteiger partial charge on any atom is -0.454 e. The Morgan fingerprint density at radius 1 is 0.603 bits per heavy atom. The monoisotopic (exact) mass is 758 g/mol. The molecule has 4 aliphatic rings. The Labute approximate surface area is 341 Å². The second kappa shape index (κ2) is 11.0. The third kappa shape index (κ3) is 4.18. The lowest BCUT2D eigenvalue weighted by atomic mass is 9.43. The van der Waals surface area contributed by atoms with Crippen LogP contribution in [0.3, 0.4) is 0 Å². The minimum absolute atomic E-state index is 0.0240. The van der Waals surface area contributed by atoms with Crippen molar-refractivity contribution in [3.63, 3.8) is 0 Å². The zero-order valence-electron chi connectivity index (χ0n) is 35.4. The first-order valence-corrected chi connectivity index (χ1v) is 21.5. The molecule has 5 heterocycles. The molecule has 0 amide bonds. The third-order valence-corrected chi connectivity index (χ3v) is 15.2. The number of hydrogen-bond acceptors (Lipinski definition) is 4. The fourth-order valence-electron chi connectivity index (χ4n) is 11.9. The van der Waals surface area contributed by atoms with Gasteiger partial charge in [-0.1, -0.05) is 128 Å². The number of aryl methyl sites for hydroxylation is 1. The molecule has 0 bridgehead atoms. The van der Waals surface area contributed by atoms with Crippen molar-refractivity contribution in [1.29, 1.82) is 0 Å². The lowest BCUT2D eigenvalue weighted by molar-refractivity contribution is 0.195. The van der Waals surface area contributed by atoms with Gasteiger partial charge in [0.05, 0.1) is 16.9 Å². The van der Waals surface area contributed by atoms with E-state index in [1.54, 1.807) is 0 Å². The van der Waals surface area contributed by atoms with Crippen LogP contribution < -0.4 is 20.6 Å². The van der Waals surface area contributed by atoms with Crippen LogP contribution in [-0.2, 0) is 16.2 Å². The van der Waals surface area contributed by atoms with Gasteiger partial charge in [0.1, 0.15) is 11.2 Å². The number of nitrogens with zero attached hydrogens (tertiary/aromatic N) is 2. The fourth-order valence-corrected chi connectivity index (χ4v) is 11.9. The van der Waals surface area contributed by atoms with Crippen molar-refractivity contribution >= 4 is 84.4 Å². The Balaban J connectivity index is 1.31. The Morgan fingerprint density at radius 2 is 1.26 bits per heavy atom. The molecule has 12 rings (SSSR count). The molecule has 4 nitrogen and oxygen atoms in total. The molecule has 2 atom stereocenters. The molecule has 288 valence electrons. The van der Waals surface area contributed by atoms with Crippen molar-refractivity contribution < 1.29 is 8.83 Å². The Bertz CT molecular complexity index is 3120. The minimum atomic E-state index is -0.136. The van der Waals surface area contributed by atoms with Gasteiger partial charge in [-0.3, -0.25) is 0 Å². The molecule has 5 heteroatoms. The van der Waals surface area contributed by atoms with Gasteiger partial charge in [-0.05, 0) is 107 Å². The number of anilines is 4. The summed E-state index contributed by atoms with van der Waals surface area (Å²) in [6.07, 6.45) is 4.76. The van der Waals surface area contributed by atoms with Crippen LogP contribution in [0.25, 0.3) is 55.0 Å². The Morgan fingerprint density at radius 3 is 1.95 bits per heavy atom. The molecular formula is C53H51BN2O2. The maximum Gasteiger partial charge on any atom is 0.333 e. The zero-order chi connectivity index (χ0) is 39.8. The smallest absolute Gasteiger partial charge is 0.333 e. The van der Waals surface area contributed by atoms with E-state index in [-0.39, 0.29) is 28.6 Å². The van der Waals surface area contributed by atoms with E-state index in [9.17, 15) is 0 Å². The first kappa shape index (κ1) is 34.6.